The Morgan fingerprint density at radius 3 is 1.50 bits per heavy atom. The first-order valence-corrected chi connectivity index (χ1v) is 30.6. The van der Waals surface area contributed by atoms with Crippen LogP contribution >= 0.6 is 0 Å². The number of amides is 2. The van der Waals surface area contributed by atoms with Crippen LogP contribution in [0.15, 0.2) is 135 Å². The fourth-order valence-electron chi connectivity index (χ4n) is 9.29. The molecule has 0 saturated carbocycles. The van der Waals surface area contributed by atoms with Gasteiger partial charge in [-0.15, -0.1) is 19.8 Å². The Kier molecular flexibility index (Phi) is 19.4. The first-order chi connectivity index (χ1) is 40.7. The van der Waals surface area contributed by atoms with Crippen molar-refractivity contribution in [3.8, 4) is 22.8 Å². The van der Waals surface area contributed by atoms with E-state index in [2.05, 4.69) is 116 Å². The summed E-state index contributed by atoms with van der Waals surface area (Å²) in [5.41, 5.74) is 11.7. The minimum atomic E-state index is -3.26. The molecule has 2 aliphatic heterocycles. The summed E-state index contributed by atoms with van der Waals surface area (Å²) < 4.78 is 30.5. The highest BCUT2D eigenvalue weighted by Crippen LogP contribution is 2.34. The van der Waals surface area contributed by atoms with Crippen LogP contribution in [0.25, 0.3) is 22.8 Å². The molecule has 0 fully saturated rings. The minimum absolute atomic E-state index is 0.155. The number of likely N-dealkylation sites (N-methyl/N-ethyl adjacent to an activating group) is 1. The van der Waals surface area contributed by atoms with Crippen molar-refractivity contribution in [3.63, 3.8) is 0 Å². The van der Waals surface area contributed by atoms with Crippen LogP contribution in [0, 0.1) is 30.6 Å². The first kappa shape index (κ1) is 63.0. The monoisotopic (exact) mass is 1180 g/mol. The zero-order valence-corrected chi connectivity index (χ0v) is 52.3. The van der Waals surface area contributed by atoms with Crippen LogP contribution in [0.2, 0.25) is 0 Å². The third kappa shape index (κ3) is 15.4. The van der Waals surface area contributed by atoms with E-state index in [4.69, 9.17) is 34.9 Å². The van der Waals surface area contributed by atoms with Gasteiger partial charge in [0.2, 0.25) is 21.7 Å². The highest BCUT2D eigenvalue weighted by molar-refractivity contribution is 7.88. The standard InChI is InChI=1S/C32H42N8O5S.C32H35N7O/c1-9-39(17-16-33-46(8,43)44)24-14-15-25(21(4)18-24)35-27-28(32(5,6)7)37-40-30(27)36-29(38-40)22-10-12-23(13-11-22)34-26(41)19-45-31(42)20(2)3;1-7-38(8-2)25-18-19-26(21(3)20-25)34-27-28(32(4,5)6)36-39-30(27)35-29(37-39)22-14-16-24(17-15-22)33-31(40)23-12-10-9-11-13-23/h10-15,18,20,33H,9,16-17,19H2,1-8H3,(H,34,41);9-20H,7-8H2,1-6H3,(H,33,40). The molecule has 2 aliphatic rings. The number of aryl methyl sites for hydroxylation is 2. The van der Waals surface area contributed by atoms with Crippen molar-refractivity contribution in [3.05, 3.63) is 144 Å². The van der Waals surface area contributed by atoms with Gasteiger partial charge in [-0.05, 0) is 143 Å². The van der Waals surface area contributed by atoms with Crippen LogP contribution < -0.4 is 25.2 Å². The Labute approximate surface area is 503 Å². The maximum atomic E-state index is 12.5. The predicted molar refractivity (Wildman–Crippen MR) is 343 cm³/mol. The number of hydrogen-bond acceptors (Lipinski definition) is 16. The Balaban J connectivity index is 0.000000225. The fraction of sp³-hybridized carbons (Fsp3) is 0.359. The van der Waals surface area contributed by atoms with Gasteiger partial charge < -0.3 is 25.2 Å². The molecular weight excluding hydrogens is 1110 g/mol. The molecule has 21 nitrogen and oxygen atoms in total. The number of fused-ring (bicyclic) bond motifs is 2. The lowest BCUT2D eigenvalue weighted by Crippen LogP contribution is -2.34. The Bertz CT molecular complexity index is 3870. The maximum absolute atomic E-state index is 12.5. The van der Waals surface area contributed by atoms with Crippen molar-refractivity contribution in [2.75, 3.05) is 66.0 Å². The number of rotatable bonds is 19. The van der Waals surface area contributed by atoms with E-state index in [0.29, 0.717) is 65.6 Å². The molecule has 2 aromatic heterocycles. The molecule has 0 spiro atoms. The molecule has 450 valence electrons. The summed E-state index contributed by atoms with van der Waals surface area (Å²) in [6.45, 7) is 29.5. The van der Waals surface area contributed by atoms with Gasteiger partial charge >= 0.3 is 5.97 Å². The second-order valence-corrected chi connectivity index (χ2v) is 25.1. The third-order valence-electron chi connectivity index (χ3n) is 14.0. The highest BCUT2D eigenvalue weighted by Gasteiger charge is 2.37. The second-order valence-electron chi connectivity index (χ2n) is 23.3. The molecule has 5 aromatic carbocycles. The number of carbonyl (C=O) groups excluding carboxylic acids is 3. The van der Waals surface area contributed by atoms with Gasteiger partial charge in [0, 0.05) is 83.0 Å². The fourth-order valence-corrected chi connectivity index (χ4v) is 9.75. The number of anilines is 4. The van der Waals surface area contributed by atoms with Crippen molar-refractivity contribution < 1.29 is 27.5 Å². The van der Waals surface area contributed by atoms with E-state index in [1.165, 1.54) is 10.5 Å². The van der Waals surface area contributed by atoms with E-state index in [9.17, 15) is 22.8 Å². The van der Waals surface area contributed by atoms with Gasteiger partial charge in [0.25, 0.3) is 11.8 Å². The normalized spacial score (nSPS) is 13.8. The SMILES string of the molecule is CCN(CC)c1ccc(N=C2C(C(C)(C)C)=Nn3nc(-c4ccc(NC(=O)c5ccccc5)cc4)nc32)c(C)c1.CCN(CCNS(C)(=O)=O)c1ccc(N=C2C(C(C)(C)C)=Nn3nc(-c4ccc(NC(=O)COC(=O)C(C)C)cc4)nc32)c(C)c1. The summed E-state index contributed by atoms with van der Waals surface area (Å²) in [5, 5.41) is 24.5. The van der Waals surface area contributed by atoms with Gasteiger partial charge in [-0.2, -0.15) is 10.2 Å². The van der Waals surface area contributed by atoms with Crippen molar-refractivity contribution in [1.29, 1.82) is 0 Å². The van der Waals surface area contributed by atoms with E-state index in [1.54, 1.807) is 55.0 Å². The molecule has 4 heterocycles. The van der Waals surface area contributed by atoms with E-state index >= 15 is 0 Å². The highest BCUT2D eigenvalue weighted by atomic mass is 32.2. The van der Waals surface area contributed by atoms with Gasteiger partial charge in [0.15, 0.2) is 18.3 Å². The predicted octanol–water partition coefficient (Wildman–Crippen LogP) is 10.9. The van der Waals surface area contributed by atoms with Crippen molar-refractivity contribution in [2.45, 2.75) is 90.0 Å². The van der Waals surface area contributed by atoms with E-state index < -0.39 is 21.9 Å². The average molecular weight is 1180 g/mol. The van der Waals surface area contributed by atoms with Crippen molar-refractivity contribution in [2.24, 2.45) is 36.9 Å². The molecule has 2 amide bonds. The van der Waals surface area contributed by atoms with Gasteiger partial charge in [0.1, 0.15) is 11.4 Å². The van der Waals surface area contributed by atoms with Crippen molar-refractivity contribution >= 4 is 84.8 Å². The van der Waals surface area contributed by atoms with Crippen molar-refractivity contribution in [1.82, 2.24) is 34.5 Å². The number of aliphatic imine (C=N–C) groups is 2. The number of carbonyl (C=O) groups is 3. The lowest BCUT2D eigenvalue weighted by molar-refractivity contribution is -0.150. The molecule has 86 heavy (non-hydrogen) atoms. The molecule has 0 atom stereocenters. The second kappa shape index (κ2) is 26.5. The van der Waals surface area contributed by atoms with Gasteiger partial charge in [-0.25, -0.2) is 33.1 Å². The van der Waals surface area contributed by atoms with Crippen LogP contribution in [0.1, 0.15) is 109 Å². The van der Waals surface area contributed by atoms with Crippen LogP contribution in [-0.4, -0.2) is 124 Å². The minimum Gasteiger partial charge on any atom is -0.455 e. The van der Waals surface area contributed by atoms with Gasteiger partial charge in [-0.1, -0.05) is 73.6 Å². The number of esters is 1. The largest absolute Gasteiger partial charge is 0.455 e. The Morgan fingerprint density at radius 1 is 0.628 bits per heavy atom. The molecule has 0 bridgehead atoms. The number of nitrogens with one attached hydrogen (secondary N) is 3. The molecule has 0 aliphatic carbocycles. The molecular formula is C64H77N15O6S. The summed E-state index contributed by atoms with van der Waals surface area (Å²) in [7, 11) is -3.26. The average Bonchev–Trinajstić information content (AvgIpc) is 1.86. The van der Waals surface area contributed by atoms with Gasteiger partial charge in [0.05, 0.1) is 35.0 Å². The van der Waals surface area contributed by atoms with E-state index in [-0.39, 0.29) is 29.3 Å². The van der Waals surface area contributed by atoms with Crippen LogP contribution in [0.4, 0.5) is 34.1 Å². The molecule has 3 N–H and O–H groups in total. The lowest BCUT2D eigenvalue weighted by atomic mass is 9.87. The third-order valence-corrected chi connectivity index (χ3v) is 14.7. The summed E-state index contributed by atoms with van der Waals surface area (Å²) in [5.74, 6) is 0.820. The summed E-state index contributed by atoms with van der Waals surface area (Å²) in [6, 6.07) is 36.0. The molecule has 0 unspecified atom stereocenters. The number of ether oxygens (including phenoxy) is 1. The lowest BCUT2D eigenvalue weighted by Gasteiger charge is -2.24. The number of sulfonamides is 1. The Hall–Kier alpha value is -9.02. The van der Waals surface area contributed by atoms with Crippen LogP contribution in [0.3, 0.4) is 0 Å². The number of benzene rings is 5. The number of nitrogens with zero attached hydrogens (tertiary/aromatic N) is 12. The van der Waals surface area contributed by atoms with E-state index in [0.717, 1.165) is 75.8 Å². The quantitative estimate of drug-likeness (QED) is 0.0640. The molecule has 0 radical (unpaired) electrons. The summed E-state index contributed by atoms with van der Waals surface area (Å²) in [6.07, 6.45) is 1.15. The number of hydrogen-bond donors (Lipinski definition) is 3. The Morgan fingerprint density at radius 2 is 1.08 bits per heavy atom. The molecule has 0 saturated heterocycles. The van der Waals surface area contributed by atoms with Crippen LogP contribution in [-0.2, 0) is 24.3 Å². The zero-order valence-electron chi connectivity index (χ0n) is 51.5. The molecule has 7 aromatic rings. The molecule has 22 heteroatoms. The van der Waals surface area contributed by atoms with Gasteiger partial charge in [-0.3, -0.25) is 14.4 Å². The van der Waals surface area contributed by atoms with Crippen LogP contribution in [0.5, 0.6) is 0 Å². The molecule has 9 rings (SSSR count). The first-order valence-electron chi connectivity index (χ1n) is 28.7. The summed E-state index contributed by atoms with van der Waals surface area (Å²) >= 11 is 0. The summed E-state index contributed by atoms with van der Waals surface area (Å²) in [4.78, 5) is 63.6. The smallest absolute Gasteiger partial charge is 0.308 e. The number of aromatic nitrogens is 6. The topological polar surface area (TPSA) is 248 Å². The maximum Gasteiger partial charge on any atom is 0.308 e. The van der Waals surface area contributed by atoms with E-state index in [1.807, 2.05) is 74.5 Å². The zero-order chi connectivity index (χ0) is 62.3.